The van der Waals surface area contributed by atoms with E-state index in [0.717, 1.165) is 25.7 Å². The number of carbonyl (C=O) groups excluding carboxylic acids is 2. The molecule has 0 bridgehead atoms. The third kappa shape index (κ3) is 9.33. The number of aliphatic hydroxyl groups excluding tert-OH is 2. The molecule has 28 heavy (non-hydrogen) atoms. The molecule has 0 spiro atoms. The SMILES string of the molecule is Cc1cc(=O)[nH]c(NC(=O)NCCCCCCNC(=O)NC(C)(CO)CO)n1. The summed E-state index contributed by atoms with van der Waals surface area (Å²) >= 11 is 0. The summed E-state index contributed by atoms with van der Waals surface area (Å²) in [4.78, 5) is 41.1. The van der Waals surface area contributed by atoms with E-state index in [2.05, 4.69) is 31.2 Å². The molecule has 1 aromatic heterocycles. The molecular weight excluding hydrogens is 368 g/mol. The molecule has 0 unspecified atom stereocenters. The molecule has 0 aliphatic heterocycles. The monoisotopic (exact) mass is 398 g/mol. The summed E-state index contributed by atoms with van der Waals surface area (Å²) in [7, 11) is 0. The number of unbranched alkanes of at least 4 members (excludes halogenated alkanes) is 3. The van der Waals surface area contributed by atoms with E-state index in [0.29, 0.717) is 18.8 Å². The molecule has 158 valence electrons. The van der Waals surface area contributed by atoms with Crippen molar-refractivity contribution < 1.29 is 19.8 Å². The molecule has 0 fully saturated rings. The van der Waals surface area contributed by atoms with Gasteiger partial charge in [0.1, 0.15) is 0 Å². The van der Waals surface area contributed by atoms with Crippen molar-refractivity contribution in [2.45, 2.75) is 45.1 Å². The van der Waals surface area contributed by atoms with Crippen LogP contribution in [0.25, 0.3) is 0 Å². The first-order chi connectivity index (χ1) is 13.3. The number of anilines is 1. The van der Waals surface area contributed by atoms with E-state index in [-0.39, 0.29) is 24.7 Å². The highest BCUT2D eigenvalue weighted by atomic mass is 16.3. The minimum Gasteiger partial charge on any atom is -0.394 e. The molecule has 0 atom stereocenters. The summed E-state index contributed by atoms with van der Waals surface area (Å²) in [6.45, 7) is 3.44. The number of aliphatic hydroxyl groups is 2. The maximum Gasteiger partial charge on any atom is 0.321 e. The van der Waals surface area contributed by atoms with Crippen LogP contribution in [0.2, 0.25) is 0 Å². The highest BCUT2D eigenvalue weighted by molar-refractivity contribution is 5.87. The molecule has 11 nitrogen and oxygen atoms in total. The Morgan fingerprint density at radius 2 is 1.64 bits per heavy atom. The first kappa shape index (κ1) is 23.4. The lowest BCUT2D eigenvalue weighted by molar-refractivity contribution is 0.109. The zero-order valence-electron chi connectivity index (χ0n) is 16.3. The van der Waals surface area contributed by atoms with E-state index < -0.39 is 17.6 Å². The average Bonchev–Trinajstić information content (AvgIpc) is 2.62. The summed E-state index contributed by atoms with van der Waals surface area (Å²) in [5.74, 6) is 0.102. The Bertz CT molecular complexity index is 689. The van der Waals surface area contributed by atoms with Crippen molar-refractivity contribution in [3.8, 4) is 0 Å². The van der Waals surface area contributed by atoms with Crippen LogP contribution in [0.3, 0.4) is 0 Å². The fraction of sp³-hybridized carbons (Fsp3) is 0.647. The average molecular weight is 398 g/mol. The molecule has 0 saturated heterocycles. The van der Waals surface area contributed by atoms with Gasteiger partial charge < -0.3 is 26.2 Å². The fourth-order valence-corrected chi connectivity index (χ4v) is 2.24. The van der Waals surface area contributed by atoms with Crippen molar-refractivity contribution in [3.05, 3.63) is 22.1 Å². The van der Waals surface area contributed by atoms with Gasteiger partial charge in [0.2, 0.25) is 5.95 Å². The van der Waals surface area contributed by atoms with E-state index in [4.69, 9.17) is 10.2 Å². The van der Waals surface area contributed by atoms with Crippen LogP contribution in [0, 0.1) is 6.92 Å². The van der Waals surface area contributed by atoms with Crippen molar-refractivity contribution in [2.24, 2.45) is 0 Å². The number of nitrogens with one attached hydrogen (secondary N) is 5. The lowest BCUT2D eigenvalue weighted by Crippen LogP contribution is -2.55. The van der Waals surface area contributed by atoms with E-state index in [1.165, 1.54) is 6.07 Å². The predicted molar refractivity (Wildman–Crippen MR) is 104 cm³/mol. The van der Waals surface area contributed by atoms with Gasteiger partial charge in [-0.3, -0.25) is 15.1 Å². The lowest BCUT2D eigenvalue weighted by atomic mass is 10.1. The smallest absolute Gasteiger partial charge is 0.321 e. The largest absolute Gasteiger partial charge is 0.394 e. The first-order valence-electron chi connectivity index (χ1n) is 9.18. The number of amides is 4. The highest BCUT2D eigenvalue weighted by Crippen LogP contribution is 2.01. The molecule has 7 N–H and O–H groups in total. The molecule has 0 aliphatic carbocycles. The standard InChI is InChI=1S/C17H30N6O5/c1-12-9-13(26)21-14(20-12)22-15(27)18-7-5-3-4-6-8-19-16(28)23-17(2,10-24)11-25/h9,24-25H,3-8,10-11H2,1-2H3,(H2,19,23,28)(H3,18,20,21,22,26,27). The number of aromatic amines is 1. The molecule has 0 saturated carbocycles. The minimum absolute atomic E-state index is 0.102. The molecule has 1 rings (SSSR count). The van der Waals surface area contributed by atoms with Gasteiger partial charge in [0.15, 0.2) is 0 Å². The van der Waals surface area contributed by atoms with Crippen LogP contribution in [-0.4, -0.2) is 64.1 Å². The number of carbonyl (C=O) groups is 2. The van der Waals surface area contributed by atoms with Gasteiger partial charge in [-0.1, -0.05) is 12.8 Å². The van der Waals surface area contributed by atoms with Crippen molar-refractivity contribution in [3.63, 3.8) is 0 Å². The number of aryl methyl sites for hydroxylation is 1. The first-order valence-corrected chi connectivity index (χ1v) is 9.18. The fourth-order valence-electron chi connectivity index (χ4n) is 2.24. The van der Waals surface area contributed by atoms with Crippen molar-refractivity contribution >= 4 is 18.0 Å². The molecule has 11 heteroatoms. The van der Waals surface area contributed by atoms with Crippen LogP contribution in [0.4, 0.5) is 15.5 Å². The second-order valence-corrected chi connectivity index (χ2v) is 6.79. The number of hydrogen-bond donors (Lipinski definition) is 7. The lowest BCUT2D eigenvalue weighted by Gasteiger charge is -2.26. The summed E-state index contributed by atoms with van der Waals surface area (Å²) in [6, 6.07) is 0.453. The maximum atomic E-state index is 11.7. The third-order valence-electron chi connectivity index (χ3n) is 3.89. The number of nitrogens with zero attached hydrogens (tertiary/aromatic N) is 1. The van der Waals surface area contributed by atoms with Crippen molar-refractivity contribution in [2.75, 3.05) is 31.6 Å². The third-order valence-corrected chi connectivity index (χ3v) is 3.89. The van der Waals surface area contributed by atoms with Crippen LogP contribution in [-0.2, 0) is 0 Å². The van der Waals surface area contributed by atoms with Gasteiger partial charge in [-0.2, -0.15) is 0 Å². The Morgan fingerprint density at radius 3 is 2.18 bits per heavy atom. The number of hydrogen-bond acceptors (Lipinski definition) is 6. The Morgan fingerprint density at radius 1 is 1.07 bits per heavy atom. The topological polar surface area (TPSA) is 168 Å². The van der Waals surface area contributed by atoms with Gasteiger partial charge in [0.05, 0.1) is 18.8 Å². The zero-order valence-corrected chi connectivity index (χ0v) is 16.3. The van der Waals surface area contributed by atoms with Crippen LogP contribution in [0.5, 0.6) is 0 Å². The number of urea groups is 2. The van der Waals surface area contributed by atoms with Gasteiger partial charge in [0, 0.05) is 24.8 Å². The second kappa shape index (κ2) is 11.9. The molecule has 0 radical (unpaired) electrons. The summed E-state index contributed by atoms with van der Waals surface area (Å²) in [5, 5.41) is 28.6. The Hall–Kier alpha value is -2.66. The zero-order chi connectivity index (χ0) is 21.0. The minimum atomic E-state index is -1.04. The highest BCUT2D eigenvalue weighted by Gasteiger charge is 2.24. The van der Waals surface area contributed by atoms with E-state index in [1.807, 2.05) is 0 Å². The summed E-state index contributed by atoms with van der Waals surface area (Å²) in [6.07, 6.45) is 3.27. The number of aromatic nitrogens is 2. The molecule has 0 aromatic carbocycles. The van der Waals surface area contributed by atoms with E-state index >= 15 is 0 Å². The van der Waals surface area contributed by atoms with E-state index in [9.17, 15) is 14.4 Å². The van der Waals surface area contributed by atoms with Gasteiger partial charge in [-0.05, 0) is 26.7 Å². The molecule has 0 aliphatic rings. The summed E-state index contributed by atoms with van der Waals surface area (Å²) in [5.41, 5.74) is -0.863. The molecule has 1 aromatic rings. The van der Waals surface area contributed by atoms with Crippen LogP contribution in [0.1, 0.15) is 38.3 Å². The second-order valence-electron chi connectivity index (χ2n) is 6.79. The van der Waals surface area contributed by atoms with Gasteiger partial charge in [-0.15, -0.1) is 0 Å². The number of rotatable bonds is 11. The normalized spacial score (nSPS) is 11.0. The van der Waals surface area contributed by atoms with Crippen LogP contribution in [0.15, 0.2) is 10.9 Å². The molecular formula is C17H30N6O5. The number of H-pyrrole nitrogens is 1. The van der Waals surface area contributed by atoms with Crippen LogP contribution >= 0.6 is 0 Å². The summed E-state index contributed by atoms with van der Waals surface area (Å²) < 4.78 is 0. The van der Waals surface area contributed by atoms with E-state index in [1.54, 1.807) is 13.8 Å². The Balaban J connectivity index is 2.08. The molecule has 4 amide bonds. The quantitative estimate of drug-likeness (QED) is 0.255. The Kier molecular flexibility index (Phi) is 9.96. The van der Waals surface area contributed by atoms with Crippen molar-refractivity contribution in [1.82, 2.24) is 25.9 Å². The predicted octanol–water partition coefficient (Wildman–Crippen LogP) is -0.197. The Labute approximate surface area is 163 Å². The maximum absolute atomic E-state index is 11.7. The van der Waals surface area contributed by atoms with Gasteiger partial charge >= 0.3 is 12.1 Å². The van der Waals surface area contributed by atoms with Gasteiger partial charge in [-0.25, -0.2) is 14.6 Å². The van der Waals surface area contributed by atoms with Crippen molar-refractivity contribution in [1.29, 1.82) is 0 Å². The molecule has 1 heterocycles. The van der Waals surface area contributed by atoms with Crippen LogP contribution < -0.4 is 26.8 Å². The van der Waals surface area contributed by atoms with Gasteiger partial charge in [0.25, 0.3) is 5.56 Å².